The highest BCUT2D eigenvalue weighted by atomic mass is 79.9. The van der Waals surface area contributed by atoms with Gasteiger partial charge in [0.25, 0.3) is 0 Å². The van der Waals surface area contributed by atoms with Gasteiger partial charge in [0.2, 0.25) is 0 Å². The van der Waals surface area contributed by atoms with Crippen LogP contribution in [0.3, 0.4) is 0 Å². The van der Waals surface area contributed by atoms with Crippen molar-refractivity contribution >= 4 is 39.1 Å². The van der Waals surface area contributed by atoms with E-state index in [-0.39, 0.29) is 0 Å². The number of aromatic nitrogens is 2. The topological polar surface area (TPSA) is 25.8 Å². The highest BCUT2D eigenvalue weighted by molar-refractivity contribution is 9.10. The molecular weight excluding hydrogens is 311 g/mol. The third kappa shape index (κ3) is 2.54. The van der Waals surface area contributed by atoms with E-state index in [0.29, 0.717) is 15.9 Å². The molecule has 1 aromatic carbocycles. The van der Waals surface area contributed by atoms with Crippen molar-refractivity contribution in [2.24, 2.45) is 0 Å². The van der Waals surface area contributed by atoms with Crippen molar-refractivity contribution in [3.05, 3.63) is 44.7 Å². The first-order chi connectivity index (χ1) is 7.56. The summed E-state index contributed by atoms with van der Waals surface area (Å²) in [4.78, 5) is 8.46. The van der Waals surface area contributed by atoms with Crippen molar-refractivity contribution in [3.63, 3.8) is 0 Å². The lowest BCUT2D eigenvalue weighted by Gasteiger charge is -2.05. The molecule has 0 fully saturated rings. The third-order valence-electron chi connectivity index (χ3n) is 2.01. The molecule has 0 saturated carbocycles. The van der Waals surface area contributed by atoms with E-state index in [1.54, 1.807) is 18.2 Å². The van der Waals surface area contributed by atoms with Gasteiger partial charge in [-0.15, -0.1) is 0 Å². The van der Waals surface area contributed by atoms with Crippen LogP contribution < -0.4 is 0 Å². The Labute approximate surface area is 112 Å². The van der Waals surface area contributed by atoms with Crippen LogP contribution in [-0.2, 0) is 0 Å². The predicted octanol–water partition coefficient (Wildman–Crippen LogP) is 4.52. The minimum absolute atomic E-state index is 0.620. The van der Waals surface area contributed by atoms with E-state index >= 15 is 0 Å². The van der Waals surface area contributed by atoms with Gasteiger partial charge in [0.1, 0.15) is 10.4 Å². The van der Waals surface area contributed by atoms with Crippen molar-refractivity contribution in [1.82, 2.24) is 9.97 Å². The maximum absolute atomic E-state index is 6.10. The van der Waals surface area contributed by atoms with Crippen LogP contribution >= 0.6 is 39.1 Å². The number of rotatable bonds is 1. The molecule has 0 aliphatic heterocycles. The zero-order valence-corrected chi connectivity index (χ0v) is 11.4. The lowest BCUT2D eigenvalue weighted by Crippen LogP contribution is -1.92. The molecule has 0 radical (unpaired) electrons. The summed E-state index contributed by atoms with van der Waals surface area (Å²) < 4.78 is 0.728. The van der Waals surface area contributed by atoms with Gasteiger partial charge in [-0.05, 0) is 47.1 Å². The lowest BCUT2D eigenvalue weighted by atomic mass is 10.1. The Morgan fingerprint density at radius 3 is 2.56 bits per heavy atom. The molecule has 0 N–H and O–H groups in total. The number of hydrogen-bond donors (Lipinski definition) is 0. The molecular formula is C11H7BrCl2N2. The van der Waals surface area contributed by atoms with Crippen LogP contribution in [0.25, 0.3) is 11.3 Å². The predicted molar refractivity (Wildman–Crippen MR) is 69.9 cm³/mol. The van der Waals surface area contributed by atoms with Crippen LogP contribution in [0.2, 0.25) is 10.0 Å². The van der Waals surface area contributed by atoms with E-state index < -0.39 is 0 Å². The molecule has 82 valence electrons. The molecule has 0 atom stereocenters. The Bertz CT molecular complexity index is 523. The number of nitrogens with zero attached hydrogens (tertiary/aromatic N) is 2. The fraction of sp³-hybridized carbons (Fsp3) is 0.0909. The molecule has 5 heteroatoms. The first-order valence-electron chi connectivity index (χ1n) is 4.53. The molecule has 0 amide bonds. The molecule has 16 heavy (non-hydrogen) atoms. The Morgan fingerprint density at radius 1 is 1.12 bits per heavy atom. The van der Waals surface area contributed by atoms with Gasteiger partial charge in [-0.25, -0.2) is 9.97 Å². The van der Waals surface area contributed by atoms with E-state index in [0.717, 1.165) is 15.9 Å². The van der Waals surface area contributed by atoms with Crippen molar-refractivity contribution < 1.29 is 0 Å². The highest BCUT2D eigenvalue weighted by Gasteiger charge is 2.07. The van der Waals surface area contributed by atoms with Crippen LogP contribution in [0.4, 0.5) is 0 Å². The van der Waals surface area contributed by atoms with Gasteiger partial charge >= 0.3 is 0 Å². The fourth-order valence-corrected chi connectivity index (χ4v) is 2.22. The van der Waals surface area contributed by atoms with Crippen LogP contribution in [-0.4, -0.2) is 9.97 Å². The fourth-order valence-electron chi connectivity index (χ4n) is 1.36. The molecule has 0 spiro atoms. The Kier molecular flexibility index (Phi) is 3.47. The molecule has 2 rings (SSSR count). The molecule has 2 nitrogen and oxygen atoms in total. The van der Waals surface area contributed by atoms with Crippen molar-refractivity contribution in [2.45, 2.75) is 6.92 Å². The van der Waals surface area contributed by atoms with E-state index in [2.05, 4.69) is 25.9 Å². The molecule has 1 aromatic heterocycles. The number of benzene rings is 1. The second-order valence-electron chi connectivity index (χ2n) is 3.25. The average Bonchev–Trinajstić information content (AvgIpc) is 2.20. The summed E-state index contributed by atoms with van der Waals surface area (Å²) in [5, 5.41) is 1.25. The van der Waals surface area contributed by atoms with E-state index in [1.807, 2.05) is 13.0 Å². The van der Waals surface area contributed by atoms with Crippen LogP contribution in [0.5, 0.6) is 0 Å². The van der Waals surface area contributed by atoms with Crippen molar-refractivity contribution in [2.75, 3.05) is 0 Å². The zero-order valence-electron chi connectivity index (χ0n) is 8.34. The van der Waals surface area contributed by atoms with Gasteiger partial charge in [-0.1, -0.05) is 23.2 Å². The average molecular weight is 318 g/mol. The van der Waals surface area contributed by atoms with Gasteiger partial charge in [0.05, 0.1) is 10.7 Å². The summed E-state index contributed by atoms with van der Waals surface area (Å²) in [5.41, 5.74) is 1.56. The third-order valence-corrected chi connectivity index (χ3v) is 2.98. The standard InChI is InChI=1S/C11H7BrCl2N2/c1-6-15-10(5-11(12)16-6)8-4-7(13)2-3-9(8)14/h2-5H,1H3. The molecule has 0 aliphatic carbocycles. The largest absolute Gasteiger partial charge is 0.233 e. The monoisotopic (exact) mass is 316 g/mol. The molecule has 2 aromatic rings. The van der Waals surface area contributed by atoms with E-state index in [9.17, 15) is 0 Å². The Balaban J connectivity index is 2.62. The summed E-state index contributed by atoms with van der Waals surface area (Å²) >= 11 is 15.4. The summed E-state index contributed by atoms with van der Waals surface area (Å²) in [6, 6.07) is 7.10. The Hall–Kier alpha value is -0.640. The lowest BCUT2D eigenvalue weighted by molar-refractivity contribution is 1.04. The summed E-state index contributed by atoms with van der Waals surface area (Å²) in [6.07, 6.45) is 0. The van der Waals surface area contributed by atoms with Crippen LogP contribution in [0.1, 0.15) is 5.82 Å². The normalized spacial score (nSPS) is 10.5. The number of aryl methyl sites for hydroxylation is 1. The van der Waals surface area contributed by atoms with Gasteiger partial charge in [-0.3, -0.25) is 0 Å². The maximum Gasteiger partial charge on any atom is 0.127 e. The van der Waals surface area contributed by atoms with Gasteiger partial charge in [0.15, 0.2) is 0 Å². The maximum atomic E-state index is 6.10. The zero-order chi connectivity index (χ0) is 11.7. The minimum atomic E-state index is 0.620. The SMILES string of the molecule is Cc1nc(Br)cc(-c2cc(Cl)ccc2Cl)n1. The summed E-state index contributed by atoms with van der Waals surface area (Å²) in [6.45, 7) is 1.83. The minimum Gasteiger partial charge on any atom is -0.233 e. The molecule has 0 saturated heterocycles. The van der Waals surface area contributed by atoms with Crippen LogP contribution in [0.15, 0.2) is 28.9 Å². The smallest absolute Gasteiger partial charge is 0.127 e. The first kappa shape index (κ1) is 11.8. The van der Waals surface area contributed by atoms with Gasteiger partial charge < -0.3 is 0 Å². The van der Waals surface area contributed by atoms with Gasteiger partial charge in [-0.2, -0.15) is 0 Å². The summed E-state index contributed by atoms with van der Waals surface area (Å²) in [7, 11) is 0. The second kappa shape index (κ2) is 4.70. The quantitative estimate of drug-likeness (QED) is 0.723. The number of hydrogen-bond acceptors (Lipinski definition) is 2. The number of halogens is 3. The Morgan fingerprint density at radius 2 is 1.88 bits per heavy atom. The second-order valence-corrected chi connectivity index (χ2v) is 4.90. The van der Waals surface area contributed by atoms with Crippen molar-refractivity contribution in [1.29, 1.82) is 0 Å². The highest BCUT2D eigenvalue weighted by Crippen LogP contribution is 2.30. The van der Waals surface area contributed by atoms with Crippen LogP contribution in [0, 0.1) is 6.92 Å². The molecule has 0 aliphatic rings. The summed E-state index contributed by atoms with van der Waals surface area (Å²) in [5.74, 6) is 0.681. The molecule has 0 bridgehead atoms. The van der Waals surface area contributed by atoms with E-state index in [4.69, 9.17) is 23.2 Å². The van der Waals surface area contributed by atoms with Crippen molar-refractivity contribution in [3.8, 4) is 11.3 Å². The van der Waals surface area contributed by atoms with E-state index in [1.165, 1.54) is 0 Å². The molecule has 0 unspecified atom stereocenters. The molecule has 1 heterocycles. The first-order valence-corrected chi connectivity index (χ1v) is 6.08. The van der Waals surface area contributed by atoms with Gasteiger partial charge in [0, 0.05) is 10.6 Å².